The fourth-order valence-corrected chi connectivity index (χ4v) is 4.01. The number of nitrogens with zero attached hydrogens (tertiary/aromatic N) is 1. The van der Waals surface area contributed by atoms with E-state index in [0.29, 0.717) is 25.8 Å². The lowest BCUT2D eigenvalue weighted by atomic mass is 9.83. The first-order valence-corrected chi connectivity index (χ1v) is 7.70. The normalized spacial score (nSPS) is 26.2. The second kappa shape index (κ2) is 5.35. The molecule has 1 rings (SSSR count). The Bertz CT molecular complexity index is 379. The van der Waals surface area contributed by atoms with Crippen molar-refractivity contribution in [3.63, 3.8) is 0 Å². The van der Waals surface area contributed by atoms with Crippen molar-refractivity contribution in [2.45, 2.75) is 39.5 Å². The summed E-state index contributed by atoms with van der Waals surface area (Å²) in [6.07, 6.45) is 2.29. The molecule has 0 aromatic heterocycles. The molecular weight excluding hydrogens is 242 g/mol. The van der Waals surface area contributed by atoms with E-state index in [1.54, 1.807) is 0 Å². The summed E-state index contributed by atoms with van der Waals surface area (Å²) in [6, 6.07) is 0. The molecule has 100 valence electrons. The van der Waals surface area contributed by atoms with Crippen molar-refractivity contribution in [3.05, 3.63) is 0 Å². The van der Waals surface area contributed by atoms with E-state index in [2.05, 4.69) is 0 Å². The fraction of sp³-hybridized carbons (Fsp3) is 0.909. The highest BCUT2D eigenvalue weighted by atomic mass is 32.2. The topological polar surface area (TPSA) is 74.7 Å². The second-order valence-electron chi connectivity index (χ2n) is 4.74. The van der Waals surface area contributed by atoms with E-state index < -0.39 is 21.4 Å². The van der Waals surface area contributed by atoms with E-state index in [-0.39, 0.29) is 12.3 Å². The molecule has 0 aromatic rings. The molecule has 0 saturated carbocycles. The average Bonchev–Trinajstić information content (AvgIpc) is 2.64. The van der Waals surface area contributed by atoms with E-state index in [9.17, 15) is 18.3 Å². The minimum atomic E-state index is -3.26. The molecule has 1 atom stereocenters. The molecule has 0 bridgehead atoms. The molecule has 17 heavy (non-hydrogen) atoms. The van der Waals surface area contributed by atoms with Crippen LogP contribution in [0.1, 0.15) is 39.5 Å². The minimum Gasteiger partial charge on any atom is -0.481 e. The van der Waals surface area contributed by atoms with E-state index in [1.165, 1.54) is 4.31 Å². The minimum absolute atomic E-state index is 0.106. The lowest BCUT2D eigenvalue weighted by Gasteiger charge is -2.24. The van der Waals surface area contributed by atoms with Gasteiger partial charge in [0.15, 0.2) is 0 Å². The molecule has 1 aliphatic rings. The van der Waals surface area contributed by atoms with Gasteiger partial charge < -0.3 is 5.11 Å². The van der Waals surface area contributed by atoms with Crippen LogP contribution in [-0.4, -0.2) is 42.6 Å². The summed E-state index contributed by atoms with van der Waals surface area (Å²) in [5.74, 6) is -0.761. The first kappa shape index (κ1) is 14.4. The van der Waals surface area contributed by atoms with Gasteiger partial charge in [0, 0.05) is 13.1 Å². The monoisotopic (exact) mass is 263 g/mol. The summed E-state index contributed by atoms with van der Waals surface area (Å²) < 4.78 is 25.1. The molecular formula is C11H21NO4S. The lowest BCUT2D eigenvalue weighted by molar-refractivity contribution is -0.148. The number of rotatable bonds is 6. The molecule has 0 aliphatic carbocycles. The van der Waals surface area contributed by atoms with Crippen molar-refractivity contribution in [2.24, 2.45) is 5.41 Å². The van der Waals surface area contributed by atoms with Gasteiger partial charge in [-0.15, -0.1) is 0 Å². The van der Waals surface area contributed by atoms with Crippen molar-refractivity contribution >= 4 is 16.0 Å². The molecule has 1 heterocycles. The Morgan fingerprint density at radius 3 is 2.47 bits per heavy atom. The predicted octanol–water partition coefficient (Wildman–Crippen LogP) is 1.30. The maximum Gasteiger partial charge on any atom is 0.311 e. The van der Waals surface area contributed by atoms with Crippen LogP contribution in [0, 0.1) is 5.41 Å². The van der Waals surface area contributed by atoms with Crippen molar-refractivity contribution in [1.29, 1.82) is 0 Å². The van der Waals surface area contributed by atoms with Crippen LogP contribution in [0.5, 0.6) is 0 Å². The second-order valence-corrected chi connectivity index (χ2v) is 6.82. The fourth-order valence-electron chi connectivity index (χ4n) is 2.42. The first-order valence-electron chi connectivity index (χ1n) is 6.09. The standard InChI is InChI=1S/C11H21NO4S/c1-3-5-11(10(13)14)6-7-12(9-11)17(15,16)8-4-2/h3-9H2,1-2H3,(H,13,14). The van der Waals surface area contributed by atoms with Crippen LogP contribution in [0.4, 0.5) is 0 Å². The average molecular weight is 263 g/mol. The highest BCUT2D eigenvalue weighted by Crippen LogP contribution is 2.36. The van der Waals surface area contributed by atoms with E-state index in [1.807, 2.05) is 13.8 Å². The van der Waals surface area contributed by atoms with E-state index in [4.69, 9.17) is 0 Å². The SMILES string of the molecule is CCCC1(C(=O)O)CCN(S(=O)(=O)CCC)C1. The van der Waals surface area contributed by atoms with Gasteiger partial charge in [0.1, 0.15) is 0 Å². The molecule has 1 aliphatic heterocycles. The third-order valence-electron chi connectivity index (χ3n) is 3.36. The summed E-state index contributed by atoms with van der Waals surface area (Å²) in [6.45, 7) is 4.21. The van der Waals surface area contributed by atoms with Crippen molar-refractivity contribution in [3.8, 4) is 0 Å². The van der Waals surface area contributed by atoms with E-state index >= 15 is 0 Å². The highest BCUT2D eigenvalue weighted by Gasteiger charge is 2.46. The molecule has 5 nitrogen and oxygen atoms in total. The predicted molar refractivity (Wildman–Crippen MR) is 65.2 cm³/mol. The quantitative estimate of drug-likeness (QED) is 0.784. The molecule has 1 fully saturated rings. The maximum absolute atomic E-state index is 11.9. The van der Waals surface area contributed by atoms with Gasteiger partial charge in [-0.3, -0.25) is 4.79 Å². The third-order valence-corrected chi connectivity index (χ3v) is 5.38. The van der Waals surface area contributed by atoms with Crippen molar-refractivity contribution in [1.82, 2.24) is 4.31 Å². The summed E-state index contributed by atoms with van der Waals surface area (Å²) in [4.78, 5) is 11.3. The Morgan fingerprint density at radius 1 is 1.35 bits per heavy atom. The smallest absolute Gasteiger partial charge is 0.311 e. The number of carboxylic acids is 1. The first-order chi connectivity index (χ1) is 7.88. The zero-order valence-electron chi connectivity index (χ0n) is 10.5. The van der Waals surface area contributed by atoms with Gasteiger partial charge in [-0.25, -0.2) is 12.7 Å². The maximum atomic E-state index is 11.9. The van der Waals surface area contributed by atoms with Crippen LogP contribution in [-0.2, 0) is 14.8 Å². The number of sulfonamides is 1. The molecule has 0 spiro atoms. The van der Waals surface area contributed by atoms with Gasteiger partial charge in [0.05, 0.1) is 11.2 Å². The molecule has 0 amide bonds. The molecule has 1 saturated heterocycles. The third kappa shape index (κ3) is 2.98. The number of carboxylic acid groups (broad SMARTS) is 1. The van der Waals surface area contributed by atoms with Crippen LogP contribution >= 0.6 is 0 Å². The van der Waals surface area contributed by atoms with Gasteiger partial charge in [-0.05, 0) is 19.3 Å². The summed E-state index contributed by atoms with van der Waals surface area (Å²) in [7, 11) is -3.26. The van der Waals surface area contributed by atoms with Crippen LogP contribution in [0.3, 0.4) is 0 Å². The number of hydrogen-bond acceptors (Lipinski definition) is 3. The lowest BCUT2D eigenvalue weighted by Crippen LogP contribution is -2.37. The molecule has 0 aromatic carbocycles. The Kier molecular flexibility index (Phi) is 4.55. The highest BCUT2D eigenvalue weighted by molar-refractivity contribution is 7.89. The molecule has 6 heteroatoms. The van der Waals surface area contributed by atoms with Crippen LogP contribution in [0.25, 0.3) is 0 Å². The van der Waals surface area contributed by atoms with Crippen LogP contribution in [0.15, 0.2) is 0 Å². The van der Waals surface area contributed by atoms with Gasteiger partial charge >= 0.3 is 5.97 Å². The molecule has 0 radical (unpaired) electrons. The van der Waals surface area contributed by atoms with Gasteiger partial charge in [-0.2, -0.15) is 0 Å². The van der Waals surface area contributed by atoms with E-state index in [0.717, 1.165) is 6.42 Å². The summed E-state index contributed by atoms with van der Waals surface area (Å²) in [5.41, 5.74) is -0.866. The summed E-state index contributed by atoms with van der Waals surface area (Å²) >= 11 is 0. The largest absolute Gasteiger partial charge is 0.481 e. The number of carbonyl (C=O) groups is 1. The molecule has 1 N–H and O–H groups in total. The van der Waals surface area contributed by atoms with Gasteiger partial charge in [-0.1, -0.05) is 20.3 Å². The van der Waals surface area contributed by atoms with Crippen LogP contribution < -0.4 is 0 Å². The zero-order valence-corrected chi connectivity index (χ0v) is 11.3. The van der Waals surface area contributed by atoms with Crippen molar-refractivity contribution in [2.75, 3.05) is 18.8 Å². The van der Waals surface area contributed by atoms with Gasteiger partial charge in [0.2, 0.25) is 10.0 Å². The molecule has 1 unspecified atom stereocenters. The Hall–Kier alpha value is -0.620. The number of hydrogen-bond donors (Lipinski definition) is 1. The Balaban J connectivity index is 2.83. The van der Waals surface area contributed by atoms with Crippen molar-refractivity contribution < 1.29 is 18.3 Å². The Labute approximate surface area is 103 Å². The summed E-state index contributed by atoms with van der Waals surface area (Å²) in [5, 5.41) is 9.29. The van der Waals surface area contributed by atoms with Crippen LogP contribution in [0.2, 0.25) is 0 Å². The number of aliphatic carboxylic acids is 1. The van der Waals surface area contributed by atoms with Gasteiger partial charge in [0.25, 0.3) is 0 Å². The Morgan fingerprint density at radius 2 is 2.00 bits per heavy atom. The zero-order chi connectivity index (χ0) is 13.1.